The Kier molecular flexibility index (Phi) is 1.83. The Morgan fingerprint density at radius 2 is 2.12 bits per heavy atom. The molecule has 0 unspecified atom stereocenters. The van der Waals surface area contributed by atoms with Crippen molar-refractivity contribution in [2.75, 3.05) is 11.9 Å². The van der Waals surface area contributed by atoms with E-state index in [4.69, 9.17) is 4.74 Å². The summed E-state index contributed by atoms with van der Waals surface area (Å²) >= 11 is 0. The summed E-state index contributed by atoms with van der Waals surface area (Å²) in [4.78, 5) is 6.02. The molecule has 1 aliphatic heterocycles. The normalized spacial score (nSPS) is 12.8. The maximum Gasteiger partial charge on any atom is 0.176 e. The minimum Gasteiger partial charge on any atom is -0.451 e. The molecule has 0 saturated carbocycles. The number of nitrogens with zero attached hydrogens (tertiary/aromatic N) is 2. The van der Waals surface area contributed by atoms with Crippen molar-refractivity contribution in [3.63, 3.8) is 0 Å². The SMILES string of the molecule is CN1c2cc(F)ccc2Oc2cccnc21. The van der Waals surface area contributed by atoms with E-state index in [1.165, 1.54) is 12.1 Å². The molecule has 2 aromatic rings. The first-order chi connectivity index (χ1) is 7.75. The zero-order valence-corrected chi connectivity index (χ0v) is 8.64. The van der Waals surface area contributed by atoms with Gasteiger partial charge in [0.15, 0.2) is 17.3 Å². The van der Waals surface area contributed by atoms with Crippen LogP contribution in [0, 0.1) is 5.82 Å². The predicted molar refractivity (Wildman–Crippen MR) is 58.8 cm³/mol. The second kappa shape index (κ2) is 3.20. The van der Waals surface area contributed by atoms with E-state index in [1.807, 2.05) is 18.0 Å². The van der Waals surface area contributed by atoms with Gasteiger partial charge in [0.05, 0.1) is 5.69 Å². The van der Waals surface area contributed by atoms with Gasteiger partial charge in [0.2, 0.25) is 0 Å². The number of anilines is 2. The standard InChI is InChI=1S/C12H9FN2O/c1-15-9-7-8(13)4-5-10(9)16-11-3-2-6-14-12(11)15/h2-7H,1H3. The van der Waals surface area contributed by atoms with Crippen molar-refractivity contribution >= 4 is 11.5 Å². The molecule has 4 heteroatoms. The molecular weight excluding hydrogens is 207 g/mol. The van der Waals surface area contributed by atoms with Gasteiger partial charge in [0.1, 0.15) is 5.82 Å². The number of hydrogen-bond acceptors (Lipinski definition) is 3. The van der Waals surface area contributed by atoms with Gasteiger partial charge in [-0.2, -0.15) is 0 Å². The monoisotopic (exact) mass is 216 g/mol. The number of ether oxygens (including phenoxy) is 1. The van der Waals surface area contributed by atoms with E-state index in [2.05, 4.69) is 4.98 Å². The summed E-state index contributed by atoms with van der Waals surface area (Å²) in [7, 11) is 1.84. The van der Waals surface area contributed by atoms with Gasteiger partial charge in [0, 0.05) is 19.3 Å². The minimum atomic E-state index is -0.284. The molecule has 16 heavy (non-hydrogen) atoms. The van der Waals surface area contributed by atoms with Crippen LogP contribution in [0.2, 0.25) is 0 Å². The van der Waals surface area contributed by atoms with Crippen LogP contribution in [0.3, 0.4) is 0 Å². The molecule has 0 fully saturated rings. The maximum absolute atomic E-state index is 13.1. The van der Waals surface area contributed by atoms with Gasteiger partial charge in [-0.1, -0.05) is 0 Å². The molecule has 2 heterocycles. The Balaban J connectivity index is 2.19. The summed E-state index contributed by atoms with van der Waals surface area (Å²) < 4.78 is 18.8. The third-order valence-corrected chi connectivity index (χ3v) is 2.57. The largest absolute Gasteiger partial charge is 0.451 e. The molecule has 0 radical (unpaired) electrons. The first-order valence-corrected chi connectivity index (χ1v) is 4.92. The number of halogens is 1. The van der Waals surface area contributed by atoms with Gasteiger partial charge < -0.3 is 9.64 Å². The summed E-state index contributed by atoms with van der Waals surface area (Å²) in [5.74, 6) is 1.74. The Hall–Kier alpha value is -2.10. The third-order valence-electron chi connectivity index (χ3n) is 2.57. The molecule has 1 aromatic heterocycles. The molecule has 0 amide bonds. The number of fused-ring (bicyclic) bond motifs is 2. The minimum absolute atomic E-state index is 0.284. The van der Waals surface area contributed by atoms with Crippen LogP contribution in [0.5, 0.6) is 11.5 Å². The zero-order chi connectivity index (χ0) is 11.1. The van der Waals surface area contributed by atoms with Gasteiger partial charge in [-0.3, -0.25) is 0 Å². The van der Waals surface area contributed by atoms with Gasteiger partial charge in [0.25, 0.3) is 0 Å². The Labute approximate surface area is 92.1 Å². The highest BCUT2D eigenvalue weighted by Crippen LogP contribution is 2.44. The van der Waals surface area contributed by atoms with Crippen LogP contribution in [-0.2, 0) is 0 Å². The topological polar surface area (TPSA) is 25.4 Å². The highest BCUT2D eigenvalue weighted by atomic mass is 19.1. The van der Waals surface area contributed by atoms with Gasteiger partial charge >= 0.3 is 0 Å². The molecule has 0 bridgehead atoms. The molecule has 0 spiro atoms. The molecule has 0 atom stereocenters. The van der Waals surface area contributed by atoms with Crippen LogP contribution in [0.25, 0.3) is 0 Å². The average molecular weight is 216 g/mol. The van der Waals surface area contributed by atoms with E-state index in [0.29, 0.717) is 23.0 Å². The first-order valence-electron chi connectivity index (χ1n) is 4.92. The lowest BCUT2D eigenvalue weighted by molar-refractivity contribution is 0.470. The fourth-order valence-corrected chi connectivity index (χ4v) is 1.79. The Bertz CT molecular complexity index is 556. The molecule has 0 N–H and O–H groups in total. The van der Waals surface area contributed by atoms with Crippen molar-refractivity contribution in [2.24, 2.45) is 0 Å². The van der Waals surface area contributed by atoms with Gasteiger partial charge in [-0.05, 0) is 24.3 Å². The second-order valence-corrected chi connectivity index (χ2v) is 3.60. The first kappa shape index (κ1) is 9.15. The van der Waals surface area contributed by atoms with Crippen molar-refractivity contribution in [3.8, 4) is 11.5 Å². The highest BCUT2D eigenvalue weighted by Gasteiger charge is 2.22. The van der Waals surface area contributed by atoms with E-state index in [-0.39, 0.29) is 5.82 Å². The van der Waals surface area contributed by atoms with Crippen molar-refractivity contribution in [2.45, 2.75) is 0 Å². The molecule has 0 aliphatic carbocycles. The number of benzene rings is 1. The number of aromatic nitrogens is 1. The van der Waals surface area contributed by atoms with E-state index >= 15 is 0 Å². The average Bonchev–Trinajstić information content (AvgIpc) is 2.31. The van der Waals surface area contributed by atoms with Crippen LogP contribution in [-0.4, -0.2) is 12.0 Å². The predicted octanol–water partition coefficient (Wildman–Crippen LogP) is 3.09. The van der Waals surface area contributed by atoms with Crippen molar-refractivity contribution in [1.29, 1.82) is 0 Å². The Morgan fingerprint density at radius 1 is 1.25 bits per heavy atom. The zero-order valence-electron chi connectivity index (χ0n) is 8.64. The lowest BCUT2D eigenvalue weighted by Crippen LogP contribution is -2.17. The maximum atomic E-state index is 13.1. The van der Waals surface area contributed by atoms with Crippen molar-refractivity contribution < 1.29 is 9.13 Å². The van der Waals surface area contributed by atoms with Crippen molar-refractivity contribution in [3.05, 3.63) is 42.3 Å². The van der Waals surface area contributed by atoms with Gasteiger partial charge in [-0.15, -0.1) is 0 Å². The molecule has 1 aromatic carbocycles. The summed E-state index contributed by atoms with van der Waals surface area (Å²) in [6, 6.07) is 8.09. The van der Waals surface area contributed by atoms with Gasteiger partial charge in [-0.25, -0.2) is 9.37 Å². The van der Waals surface area contributed by atoms with Crippen LogP contribution in [0.1, 0.15) is 0 Å². The highest BCUT2D eigenvalue weighted by molar-refractivity contribution is 5.74. The Morgan fingerprint density at radius 3 is 3.00 bits per heavy atom. The smallest absolute Gasteiger partial charge is 0.176 e. The lowest BCUT2D eigenvalue weighted by Gasteiger charge is -2.28. The fraction of sp³-hybridized carbons (Fsp3) is 0.0833. The number of pyridine rings is 1. The van der Waals surface area contributed by atoms with E-state index in [0.717, 1.165) is 0 Å². The van der Waals surface area contributed by atoms with Crippen LogP contribution in [0.4, 0.5) is 15.9 Å². The van der Waals surface area contributed by atoms with Crippen LogP contribution < -0.4 is 9.64 Å². The lowest BCUT2D eigenvalue weighted by atomic mass is 10.2. The molecule has 1 aliphatic rings. The molecule has 0 saturated heterocycles. The molecule has 80 valence electrons. The number of hydrogen-bond donors (Lipinski definition) is 0. The molecular formula is C12H9FN2O. The summed E-state index contributed by atoms with van der Waals surface area (Å²) in [6.07, 6.45) is 1.68. The second-order valence-electron chi connectivity index (χ2n) is 3.60. The summed E-state index contributed by atoms with van der Waals surface area (Å²) in [5.41, 5.74) is 0.686. The van der Waals surface area contributed by atoms with E-state index in [9.17, 15) is 4.39 Å². The molecule has 3 nitrogen and oxygen atoms in total. The van der Waals surface area contributed by atoms with E-state index < -0.39 is 0 Å². The fourth-order valence-electron chi connectivity index (χ4n) is 1.79. The summed E-state index contributed by atoms with van der Waals surface area (Å²) in [5, 5.41) is 0. The van der Waals surface area contributed by atoms with Crippen LogP contribution in [0.15, 0.2) is 36.5 Å². The quantitative estimate of drug-likeness (QED) is 0.676. The third kappa shape index (κ3) is 1.23. The van der Waals surface area contributed by atoms with Crippen LogP contribution >= 0.6 is 0 Å². The molecule has 3 rings (SSSR count). The number of rotatable bonds is 0. The summed E-state index contributed by atoms with van der Waals surface area (Å²) in [6.45, 7) is 0. The van der Waals surface area contributed by atoms with Crippen molar-refractivity contribution in [1.82, 2.24) is 4.98 Å². The van der Waals surface area contributed by atoms with E-state index in [1.54, 1.807) is 18.3 Å².